The number of aromatic nitrogens is 1. The third-order valence-corrected chi connectivity index (χ3v) is 4.97. The first-order valence-electron chi connectivity index (χ1n) is 8.96. The summed E-state index contributed by atoms with van der Waals surface area (Å²) in [4.78, 5) is 37.1. The minimum Gasteiger partial charge on any atom is -0.457 e. The lowest BCUT2D eigenvalue weighted by molar-refractivity contribution is 0.0535. The average molecular weight is 368 g/mol. The molecule has 2 aliphatic heterocycles. The molecule has 0 aliphatic carbocycles. The number of benzene rings is 1. The number of ether oxygens (including phenoxy) is 2. The van der Waals surface area contributed by atoms with Crippen molar-refractivity contribution in [3.8, 4) is 0 Å². The number of fused-ring (bicyclic) bond motifs is 1. The lowest BCUT2D eigenvalue weighted by Gasteiger charge is -2.14. The summed E-state index contributed by atoms with van der Waals surface area (Å²) < 4.78 is 12.1. The Labute approximate surface area is 155 Å². The van der Waals surface area contributed by atoms with Crippen LogP contribution in [0.4, 0.5) is 5.69 Å². The van der Waals surface area contributed by atoms with Crippen LogP contribution in [0.15, 0.2) is 35.3 Å². The predicted molar refractivity (Wildman–Crippen MR) is 97.9 cm³/mol. The van der Waals surface area contributed by atoms with Crippen molar-refractivity contribution < 1.29 is 19.1 Å². The Balaban J connectivity index is 1.58. The van der Waals surface area contributed by atoms with E-state index < -0.39 is 5.91 Å². The van der Waals surface area contributed by atoms with E-state index >= 15 is 0 Å². The van der Waals surface area contributed by atoms with Gasteiger partial charge < -0.3 is 19.4 Å². The van der Waals surface area contributed by atoms with Crippen LogP contribution in [0.3, 0.4) is 0 Å². The number of hydrogen-bond donors (Lipinski definition) is 1. The van der Waals surface area contributed by atoms with Gasteiger partial charge in [-0.1, -0.05) is 0 Å². The summed E-state index contributed by atoms with van der Waals surface area (Å²) in [7, 11) is 0. The van der Waals surface area contributed by atoms with E-state index in [1.54, 1.807) is 37.4 Å². The molecule has 3 heterocycles. The van der Waals surface area contributed by atoms with E-state index in [9.17, 15) is 14.4 Å². The smallest absolute Gasteiger partial charge is 0.338 e. The second kappa shape index (κ2) is 7.00. The molecule has 140 valence electrons. The number of aryl methyl sites for hydroxylation is 1. The second-order valence-electron chi connectivity index (χ2n) is 6.87. The fraction of sp³-hybridized carbons (Fsp3) is 0.350. The molecule has 27 heavy (non-hydrogen) atoms. The molecule has 4 rings (SSSR count). The number of carbonyl (C=O) groups excluding carboxylic acids is 2. The van der Waals surface area contributed by atoms with Gasteiger partial charge in [-0.05, 0) is 49.6 Å². The number of pyridine rings is 1. The van der Waals surface area contributed by atoms with E-state index in [4.69, 9.17) is 9.47 Å². The van der Waals surface area contributed by atoms with Crippen LogP contribution in [-0.4, -0.2) is 29.2 Å². The lowest BCUT2D eigenvalue weighted by atomic mass is 10.1. The van der Waals surface area contributed by atoms with Crippen LogP contribution >= 0.6 is 0 Å². The van der Waals surface area contributed by atoms with Crippen molar-refractivity contribution in [1.82, 2.24) is 4.57 Å². The summed E-state index contributed by atoms with van der Waals surface area (Å²) in [5.74, 6) is -0.830. The number of amides is 1. The zero-order valence-corrected chi connectivity index (χ0v) is 15.0. The minimum atomic E-state index is -0.468. The number of nitrogens with zero attached hydrogens (tertiary/aromatic N) is 1. The molecule has 1 N–H and O–H groups in total. The average Bonchev–Trinajstić information content (AvgIpc) is 3.27. The molecule has 2 aliphatic rings. The van der Waals surface area contributed by atoms with Gasteiger partial charge >= 0.3 is 5.97 Å². The number of rotatable bonds is 4. The van der Waals surface area contributed by atoms with Crippen molar-refractivity contribution in [2.75, 3.05) is 11.9 Å². The van der Waals surface area contributed by atoms with E-state index in [-0.39, 0.29) is 29.8 Å². The van der Waals surface area contributed by atoms with Gasteiger partial charge in [0, 0.05) is 24.1 Å². The highest BCUT2D eigenvalue weighted by Gasteiger charge is 2.23. The van der Waals surface area contributed by atoms with Crippen LogP contribution in [0.1, 0.15) is 44.7 Å². The Morgan fingerprint density at radius 1 is 1.30 bits per heavy atom. The molecule has 1 aromatic carbocycles. The van der Waals surface area contributed by atoms with Gasteiger partial charge in [-0.25, -0.2) is 4.79 Å². The second-order valence-corrected chi connectivity index (χ2v) is 6.87. The molecule has 1 unspecified atom stereocenters. The molecule has 0 spiro atoms. The molecular formula is C20H20N2O5. The van der Waals surface area contributed by atoms with Crippen LogP contribution in [0.25, 0.3) is 0 Å². The third kappa shape index (κ3) is 3.38. The first-order valence-corrected chi connectivity index (χ1v) is 8.96. The molecular weight excluding hydrogens is 348 g/mol. The molecule has 1 amide bonds. The Bertz CT molecular complexity index is 973. The molecule has 1 saturated heterocycles. The number of cyclic esters (lactones) is 1. The molecule has 1 aromatic heterocycles. The Morgan fingerprint density at radius 2 is 2.15 bits per heavy atom. The number of hydrogen-bond acceptors (Lipinski definition) is 5. The van der Waals surface area contributed by atoms with Gasteiger partial charge in [0.1, 0.15) is 12.2 Å². The highest BCUT2D eigenvalue weighted by molar-refractivity contribution is 6.05. The van der Waals surface area contributed by atoms with Gasteiger partial charge in [0.15, 0.2) is 0 Å². The summed E-state index contributed by atoms with van der Waals surface area (Å²) in [6.07, 6.45) is 3.62. The SMILES string of the molecule is Cc1ccn(CC2CCCO2)c(=O)c1C(=O)Nc1ccc2c(c1)COC2=O. The van der Waals surface area contributed by atoms with E-state index in [0.29, 0.717) is 30.0 Å². The van der Waals surface area contributed by atoms with E-state index in [0.717, 1.165) is 18.4 Å². The Morgan fingerprint density at radius 3 is 2.93 bits per heavy atom. The molecule has 2 aromatic rings. The first-order chi connectivity index (χ1) is 13.0. The molecule has 0 saturated carbocycles. The molecule has 0 radical (unpaired) electrons. The topological polar surface area (TPSA) is 86.6 Å². The number of carbonyl (C=O) groups is 2. The van der Waals surface area contributed by atoms with Crippen LogP contribution in [0, 0.1) is 6.92 Å². The summed E-state index contributed by atoms with van der Waals surface area (Å²) in [5.41, 5.74) is 2.14. The monoisotopic (exact) mass is 368 g/mol. The number of anilines is 1. The molecule has 0 bridgehead atoms. The van der Waals surface area contributed by atoms with Crippen molar-refractivity contribution in [3.05, 3.63) is 63.1 Å². The van der Waals surface area contributed by atoms with Crippen molar-refractivity contribution >= 4 is 17.6 Å². The van der Waals surface area contributed by atoms with Crippen LogP contribution in [-0.2, 0) is 22.6 Å². The van der Waals surface area contributed by atoms with Crippen molar-refractivity contribution in [1.29, 1.82) is 0 Å². The predicted octanol–water partition coefficient (Wildman–Crippen LogP) is 2.26. The Kier molecular flexibility index (Phi) is 4.53. The standard InChI is InChI=1S/C20H20N2O5/c1-12-6-7-22(10-15-3-2-8-26-15)19(24)17(12)18(23)21-14-4-5-16-13(9-14)11-27-20(16)25/h4-7,9,15H,2-3,8,10-11H2,1H3,(H,21,23). The zero-order chi connectivity index (χ0) is 19.0. The van der Waals surface area contributed by atoms with Crippen molar-refractivity contribution in [3.63, 3.8) is 0 Å². The van der Waals surface area contributed by atoms with Gasteiger partial charge in [0.2, 0.25) is 0 Å². The van der Waals surface area contributed by atoms with Gasteiger partial charge in [-0.15, -0.1) is 0 Å². The van der Waals surface area contributed by atoms with Crippen LogP contribution in [0.5, 0.6) is 0 Å². The summed E-state index contributed by atoms with van der Waals surface area (Å²) in [6, 6.07) is 6.71. The first kappa shape index (κ1) is 17.5. The van der Waals surface area contributed by atoms with E-state index in [2.05, 4.69) is 5.32 Å². The molecule has 1 fully saturated rings. The normalized spacial score (nSPS) is 18.3. The van der Waals surface area contributed by atoms with Crippen molar-refractivity contribution in [2.24, 2.45) is 0 Å². The molecule has 1 atom stereocenters. The number of esters is 1. The van der Waals surface area contributed by atoms with Crippen LogP contribution in [0.2, 0.25) is 0 Å². The fourth-order valence-corrected chi connectivity index (χ4v) is 3.50. The van der Waals surface area contributed by atoms with Gasteiger partial charge in [0.05, 0.1) is 18.2 Å². The van der Waals surface area contributed by atoms with Gasteiger partial charge in [-0.2, -0.15) is 0 Å². The molecule has 7 nitrogen and oxygen atoms in total. The summed E-state index contributed by atoms with van der Waals surface area (Å²) >= 11 is 0. The maximum absolute atomic E-state index is 12.8. The zero-order valence-electron chi connectivity index (χ0n) is 15.0. The van der Waals surface area contributed by atoms with Gasteiger partial charge in [-0.3, -0.25) is 9.59 Å². The third-order valence-electron chi connectivity index (χ3n) is 4.97. The van der Waals surface area contributed by atoms with Gasteiger partial charge in [0.25, 0.3) is 11.5 Å². The van der Waals surface area contributed by atoms with Crippen molar-refractivity contribution in [2.45, 2.75) is 39.0 Å². The number of nitrogens with one attached hydrogen (secondary N) is 1. The fourth-order valence-electron chi connectivity index (χ4n) is 3.50. The summed E-state index contributed by atoms with van der Waals surface area (Å²) in [5, 5.41) is 2.75. The maximum Gasteiger partial charge on any atom is 0.338 e. The maximum atomic E-state index is 12.8. The highest BCUT2D eigenvalue weighted by atomic mass is 16.5. The largest absolute Gasteiger partial charge is 0.457 e. The van der Waals surface area contributed by atoms with E-state index in [1.165, 1.54) is 4.57 Å². The Hall–Kier alpha value is -2.93. The van der Waals surface area contributed by atoms with E-state index in [1.807, 2.05) is 0 Å². The molecule has 7 heteroatoms. The highest BCUT2D eigenvalue weighted by Crippen LogP contribution is 2.23. The quantitative estimate of drug-likeness (QED) is 0.837. The van der Waals surface area contributed by atoms with Crippen LogP contribution < -0.4 is 10.9 Å². The lowest BCUT2D eigenvalue weighted by Crippen LogP contribution is -2.32. The summed E-state index contributed by atoms with van der Waals surface area (Å²) in [6.45, 7) is 3.08. The minimum absolute atomic E-state index is 0.00978.